The molecule has 0 amide bonds. The summed E-state index contributed by atoms with van der Waals surface area (Å²) in [5, 5.41) is 10.7. The second-order valence-corrected chi connectivity index (χ2v) is 8.71. The van der Waals surface area contributed by atoms with Crippen molar-refractivity contribution in [1.29, 1.82) is 0 Å². The van der Waals surface area contributed by atoms with Crippen LogP contribution in [0, 0.1) is 5.92 Å². The number of nitrogen functional groups attached to an aromatic ring is 1. The van der Waals surface area contributed by atoms with Gasteiger partial charge in [-0.3, -0.25) is 0 Å². The fourth-order valence-corrected chi connectivity index (χ4v) is 3.65. The highest BCUT2D eigenvalue weighted by Crippen LogP contribution is 2.36. The van der Waals surface area contributed by atoms with Gasteiger partial charge in [0.15, 0.2) is 0 Å². The zero-order chi connectivity index (χ0) is 24.6. The van der Waals surface area contributed by atoms with Crippen LogP contribution in [0.15, 0.2) is 25.0 Å². The Morgan fingerprint density at radius 1 is 1.27 bits per heavy atom. The maximum Gasteiger partial charge on any atom is 0.419 e. The molecule has 11 heteroatoms. The van der Waals surface area contributed by atoms with Crippen molar-refractivity contribution >= 4 is 11.5 Å². The van der Waals surface area contributed by atoms with Gasteiger partial charge in [0.05, 0.1) is 11.3 Å². The van der Waals surface area contributed by atoms with Gasteiger partial charge in [-0.15, -0.1) is 0 Å². The molecule has 1 fully saturated rings. The first-order valence-corrected chi connectivity index (χ1v) is 10.7. The molecule has 0 aromatic carbocycles. The molecule has 6 nitrogen and oxygen atoms in total. The minimum atomic E-state index is -4.68. The summed E-state index contributed by atoms with van der Waals surface area (Å²) in [7, 11) is 0. The molecule has 1 saturated heterocycles. The minimum absolute atomic E-state index is 0.0959. The number of likely N-dealkylation sites (tertiary alicyclic amines) is 1. The van der Waals surface area contributed by atoms with Crippen molar-refractivity contribution < 1.29 is 27.1 Å². The number of anilines is 1. The van der Waals surface area contributed by atoms with Gasteiger partial charge < -0.3 is 20.3 Å². The van der Waals surface area contributed by atoms with Gasteiger partial charge in [0.25, 0.3) is 5.92 Å². The van der Waals surface area contributed by atoms with Gasteiger partial charge in [0, 0.05) is 62.6 Å². The summed E-state index contributed by atoms with van der Waals surface area (Å²) < 4.78 is 68.1. The Kier molecular flexibility index (Phi) is 7.13. The fourth-order valence-electron chi connectivity index (χ4n) is 3.65. The zero-order valence-electron chi connectivity index (χ0n) is 18.5. The molecule has 3 N–H and O–H groups in total. The molecule has 3 heterocycles. The van der Waals surface area contributed by atoms with E-state index in [-0.39, 0.29) is 48.9 Å². The molecule has 1 aliphatic heterocycles. The van der Waals surface area contributed by atoms with E-state index in [4.69, 9.17) is 5.73 Å². The predicted molar refractivity (Wildman–Crippen MR) is 115 cm³/mol. The first-order valence-electron chi connectivity index (χ1n) is 10.7. The number of piperidine rings is 1. The largest absolute Gasteiger partial charge is 0.419 e. The summed E-state index contributed by atoms with van der Waals surface area (Å²) in [6, 6.07) is 0.872. The zero-order valence-corrected chi connectivity index (χ0v) is 18.5. The van der Waals surface area contributed by atoms with Crippen LogP contribution in [0.3, 0.4) is 0 Å². The average Bonchev–Trinajstić information content (AvgIpc) is 3.17. The molecule has 1 aliphatic rings. The van der Waals surface area contributed by atoms with Crippen molar-refractivity contribution in [2.45, 2.75) is 51.3 Å². The lowest BCUT2D eigenvalue weighted by molar-refractivity contribution is -0.137. The Bertz CT molecular complexity index is 992. The third-order valence-electron chi connectivity index (χ3n) is 5.79. The van der Waals surface area contributed by atoms with Gasteiger partial charge in [0.1, 0.15) is 17.7 Å². The van der Waals surface area contributed by atoms with E-state index in [9.17, 15) is 27.1 Å². The van der Waals surface area contributed by atoms with E-state index in [1.165, 1.54) is 12.4 Å². The van der Waals surface area contributed by atoms with Crippen LogP contribution in [0.25, 0.3) is 17.0 Å². The van der Waals surface area contributed by atoms with Gasteiger partial charge in [-0.05, 0) is 12.0 Å². The molecule has 0 spiro atoms. The number of nitrogens with zero attached hydrogens (tertiary/aromatic N) is 4. The first-order chi connectivity index (χ1) is 15.3. The summed E-state index contributed by atoms with van der Waals surface area (Å²) in [6.45, 7) is 8.64. The summed E-state index contributed by atoms with van der Waals surface area (Å²) in [4.78, 5) is 9.95. The smallest absolute Gasteiger partial charge is 0.385 e. The van der Waals surface area contributed by atoms with Crippen molar-refractivity contribution in [3.63, 3.8) is 0 Å². The highest BCUT2D eigenvalue weighted by atomic mass is 19.4. The van der Waals surface area contributed by atoms with Gasteiger partial charge in [-0.2, -0.15) is 13.2 Å². The average molecular weight is 473 g/mol. The molecule has 0 aliphatic carbocycles. The van der Waals surface area contributed by atoms with Gasteiger partial charge >= 0.3 is 6.18 Å². The Morgan fingerprint density at radius 2 is 1.91 bits per heavy atom. The second-order valence-electron chi connectivity index (χ2n) is 8.71. The normalized spacial score (nSPS) is 18.0. The van der Waals surface area contributed by atoms with E-state index >= 15 is 0 Å². The lowest BCUT2D eigenvalue weighted by Crippen LogP contribution is -2.39. The highest BCUT2D eigenvalue weighted by Gasteiger charge is 2.35. The van der Waals surface area contributed by atoms with Crippen LogP contribution >= 0.6 is 0 Å². The Balaban J connectivity index is 1.86. The van der Waals surface area contributed by atoms with Crippen LogP contribution in [-0.2, 0) is 6.18 Å². The quantitative estimate of drug-likeness (QED) is 0.564. The number of rotatable bonds is 7. The molecular weight excluding hydrogens is 445 g/mol. The van der Waals surface area contributed by atoms with Crippen LogP contribution in [-0.4, -0.2) is 50.1 Å². The molecule has 1 atom stereocenters. The van der Waals surface area contributed by atoms with Crippen molar-refractivity contribution in [1.82, 2.24) is 19.4 Å². The van der Waals surface area contributed by atoms with Crippen LogP contribution in [0.2, 0.25) is 0 Å². The number of aromatic nitrogens is 3. The van der Waals surface area contributed by atoms with E-state index in [1.54, 1.807) is 18.4 Å². The molecule has 1 unspecified atom stereocenters. The maximum absolute atomic E-state index is 13.4. The molecule has 0 radical (unpaired) electrons. The van der Waals surface area contributed by atoms with Crippen LogP contribution < -0.4 is 5.73 Å². The molecule has 0 bridgehead atoms. The Hall–Kier alpha value is -2.53. The Labute approximate surface area is 188 Å². The molecule has 3 rings (SSSR count). The van der Waals surface area contributed by atoms with E-state index in [0.717, 1.165) is 6.07 Å². The predicted octanol–water partition coefficient (Wildman–Crippen LogP) is 4.83. The first kappa shape index (κ1) is 25.1. The topological polar surface area (TPSA) is 80.2 Å². The number of nitrogens with two attached hydrogens (primary N) is 1. The summed E-state index contributed by atoms with van der Waals surface area (Å²) >= 11 is 0. The number of alkyl halides is 5. The van der Waals surface area contributed by atoms with Gasteiger partial charge in [0.2, 0.25) is 0 Å². The van der Waals surface area contributed by atoms with Crippen molar-refractivity contribution in [3.05, 3.63) is 36.4 Å². The number of imidazole rings is 1. The monoisotopic (exact) mass is 473 g/mol. The van der Waals surface area contributed by atoms with Crippen LogP contribution in [0.5, 0.6) is 0 Å². The summed E-state index contributed by atoms with van der Waals surface area (Å²) in [6.07, 6.45) is -2.96. The highest BCUT2D eigenvalue weighted by molar-refractivity contribution is 5.63. The number of pyridine rings is 1. The lowest BCUT2D eigenvalue weighted by Gasteiger charge is -2.31. The number of hydrogen-bond acceptors (Lipinski definition) is 5. The van der Waals surface area contributed by atoms with Crippen molar-refractivity contribution in [3.8, 4) is 11.3 Å². The number of aliphatic hydroxyl groups is 1. The van der Waals surface area contributed by atoms with E-state index in [2.05, 4.69) is 16.5 Å². The SMILES string of the molecule is C=C(CCN1CCC(F)(F)CC1)n1cc(-c2cnc(N)c(C(F)(F)F)c2)nc1C(O)C(C)C. The molecular formula is C22H28F5N5O. The standard InChI is InChI=1S/C22H28F5N5O/c1-13(2)18(33)20-30-17(15-10-16(22(25,26)27)19(28)29-11-15)12-32(20)14(3)4-7-31-8-5-21(23,24)6-9-31/h10-13,18,33H,3-9H2,1-2H3,(H2,28,29). The van der Waals surface area contributed by atoms with Crippen molar-refractivity contribution in [2.75, 3.05) is 25.4 Å². The summed E-state index contributed by atoms with van der Waals surface area (Å²) in [5.74, 6) is -3.25. The van der Waals surface area contributed by atoms with Crippen LogP contribution in [0.1, 0.15) is 50.6 Å². The third-order valence-corrected chi connectivity index (χ3v) is 5.79. The Morgan fingerprint density at radius 3 is 2.48 bits per heavy atom. The number of halogens is 5. The fraction of sp³-hybridized carbons (Fsp3) is 0.545. The van der Waals surface area contributed by atoms with Gasteiger partial charge in [-0.25, -0.2) is 18.7 Å². The maximum atomic E-state index is 13.4. The second kappa shape index (κ2) is 9.38. The molecule has 33 heavy (non-hydrogen) atoms. The molecule has 2 aromatic heterocycles. The van der Waals surface area contributed by atoms with Crippen molar-refractivity contribution in [2.24, 2.45) is 5.92 Å². The molecule has 2 aromatic rings. The van der Waals surface area contributed by atoms with E-state index in [0.29, 0.717) is 18.7 Å². The van der Waals surface area contributed by atoms with E-state index < -0.39 is 29.6 Å². The van der Waals surface area contributed by atoms with Gasteiger partial charge in [-0.1, -0.05) is 20.4 Å². The lowest BCUT2D eigenvalue weighted by atomic mass is 10.1. The minimum Gasteiger partial charge on any atom is -0.385 e. The molecule has 0 saturated carbocycles. The summed E-state index contributed by atoms with van der Waals surface area (Å²) in [5.41, 5.74) is 5.14. The van der Waals surface area contributed by atoms with E-state index in [1.807, 2.05) is 4.90 Å². The number of hydrogen-bond donors (Lipinski definition) is 2. The third kappa shape index (κ3) is 5.89. The number of aliphatic hydroxyl groups excluding tert-OH is 1. The van der Waals surface area contributed by atoms with Crippen LogP contribution in [0.4, 0.5) is 27.8 Å². The molecule has 182 valence electrons.